The van der Waals surface area contributed by atoms with Crippen LogP contribution in [-0.4, -0.2) is 50.1 Å². The Balaban J connectivity index is 2.39. The molecule has 0 spiro atoms. The van der Waals surface area contributed by atoms with Crippen LogP contribution in [0, 0.1) is 0 Å². The van der Waals surface area contributed by atoms with Gasteiger partial charge in [-0.1, -0.05) is 39.0 Å². The van der Waals surface area contributed by atoms with Gasteiger partial charge in [0.25, 0.3) is 0 Å². The highest BCUT2D eigenvalue weighted by atomic mass is 28.4. The normalized spacial score (nSPS) is 18.9. The third kappa shape index (κ3) is 7.07. The monoisotopic (exact) mass is 491 g/mol. The summed E-state index contributed by atoms with van der Waals surface area (Å²) < 4.78 is 17.5. The molecule has 1 aliphatic rings. The van der Waals surface area contributed by atoms with E-state index in [1.165, 1.54) is 5.56 Å². The molecule has 0 radical (unpaired) electrons. The fourth-order valence-corrected chi connectivity index (χ4v) is 5.12. The summed E-state index contributed by atoms with van der Waals surface area (Å²) in [5.41, 5.74) is 2.88. The van der Waals surface area contributed by atoms with Gasteiger partial charge in [0.1, 0.15) is 5.60 Å². The smallest absolute Gasteiger partial charge is 0.411 e. The third-order valence-electron chi connectivity index (χ3n) is 6.96. The summed E-state index contributed by atoms with van der Waals surface area (Å²) in [5, 5.41) is 0.0761. The maximum Gasteiger partial charge on any atom is 0.411 e. The topological polar surface area (TPSA) is 65.1 Å². The number of carbonyl (C=O) groups is 2. The number of rotatable bonds is 7. The van der Waals surface area contributed by atoms with Gasteiger partial charge in [-0.15, -0.1) is 0 Å². The third-order valence-corrected chi connectivity index (χ3v) is 11.5. The quantitative estimate of drug-likeness (QED) is 0.325. The highest BCUT2D eigenvalue weighted by Crippen LogP contribution is 2.39. The summed E-state index contributed by atoms with van der Waals surface area (Å²) in [4.78, 5) is 27.2. The van der Waals surface area contributed by atoms with Crippen LogP contribution >= 0.6 is 0 Å². The molecule has 192 valence electrons. The van der Waals surface area contributed by atoms with E-state index >= 15 is 0 Å². The van der Waals surface area contributed by atoms with Crippen LogP contribution in [0.3, 0.4) is 0 Å². The van der Waals surface area contributed by atoms with E-state index in [0.717, 1.165) is 11.1 Å². The SMILES string of the molecule is CCOC(=O)CCc1cccc2c1C[C@H](CO[Si](C)(C)C(C)(C)C)N(C(=O)OC(C)(C)C)[C@H]2C. The van der Waals surface area contributed by atoms with Gasteiger partial charge in [0.05, 0.1) is 25.3 Å². The number of carbonyl (C=O) groups excluding carboxylic acids is 2. The van der Waals surface area contributed by atoms with Crippen molar-refractivity contribution in [2.24, 2.45) is 0 Å². The summed E-state index contributed by atoms with van der Waals surface area (Å²) >= 11 is 0. The standard InChI is InChI=1S/C27H45NO5Si/c1-11-31-24(29)16-15-20-13-12-14-22-19(2)28(25(30)33-26(3,4)5)21(17-23(20)22)18-32-34(9,10)27(6,7)8/h12-14,19,21H,11,15-18H2,1-10H3/t19-,21+/m0/s1. The van der Waals surface area contributed by atoms with Crippen LogP contribution < -0.4 is 0 Å². The Morgan fingerprint density at radius 3 is 2.32 bits per heavy atom. The van der Waals surface area contributed by atoms with Gasteiger partial charge in [-0.2, -0.15) is 0 Å². The molecule has 2 rings (SSSR count). The first-order valence-electron chi connectivity index (χ1n) is 12.5. The van der Waals surface area contributed by atoms with Crippen molar-refractivity contribution < 1.29 is 23.5 Å². The first-order valence-corrected chi connectivity index (χ1v) is 15.4. The van der Waals surface area contributed by atoms with E-state index in [9.17, 15) is 9.59 Å². The van der Waals surface area contributed by atoms with Gasteiger partial charge in [-0.25, -0.2) is 4.79 Å². The fourth-order valence-electron chi connectivity index (χ4n) is 4.08. The minimum atomic E-state index is -2.01. The lowest BCUT2D eigenvalue weighted by atomic mass is 9.85. The lowest BCUT2D eigenvalue weighted by Crippen LogP contribution is -2.53. The van der Waals surface area contributed by atoms with E-state index in [1.807, 2.05) is 38.7 Å². The number of amides is 1. The molecule has 0 saturated heterocycles. The van der Waals surface area contributed by atoms with Gasteiger partial charge in [0.2, 0.25) is 0 Å². The van der Waals surface area contributed by atoms with Crippen molar-refractivity contribution in [2.75, 3.05) is 13.2 Å². The molecule has 1 heterocycles. The minimum Gasteiger partial charge on any atom is -0.466 e. The van der Waals surface area contributed by atoms with Crippen LogP contribution in [0.25, 0.3) is 0 Å². The average molecular weight is 492 g/mol. The first kappa shape index (κ1) is 28.4. The van der Waals surface area contributed by atoms with Gasteiger partial charge < -0.3 is 13.9 Å². The number of nitrogens with zero attached hydrogens (tertiary/aromatic N) is 1. The van der Waals surface area contributed by atoms with Crippen LogP contribution in [-0.2, 0) is 31.5 Å². The number of aryl methyl sites for hydroxylation is 1. The molecule has 0 fully saturated rings. The Morgan fingerprint density at radius 2 is 1.76 bits per heavy atom. The number of hydrogen-bond acceptors (Lipinski definition) is 5. The Labute approximate surface area is 207 Å². The van der Waals surface area contributed by atoms with Crippen LogP contribution in [0.15, 0.2) is 18.2 Å². The van der Waals surface area contributed by atoms with Crippen molar-refractivity contribution in [2.45, 2.75) is 110 Å². The molecule has 1 aliphatic heterocycles. The zero-order valence-corrected chi connectivity index (χ0v) is 23.9. The van der Waals surface area contributed by atoms with Gasteiger partial charge >= 0.3 is 12.1 Å². The minimum absolute atomic E-state index is 0.0761. The summed E-state index contributed by atoms with van der Waals surface area (Å²) in [6.07, 6.45) is 1.33. The van der Waals surface area contributed by atoms with E-state index < -0.39 is 13.9 Å². The summed E-state index contributed by atoms with van der Waals surface area (Å²) in [5.74, 6) is -0.183. The Morgan fingerprint density at radius 1 is 1.12 bits per heavy atom. The van der Waals surface area contributed by atoms with E-state index in [0.29, 0.717) is 32.5 Å². The summed E-state index contributed by atoms with van der Waals surface area (Å²) in [6.45, 7) is 21.5. The van der Waals surface area contributed by atoms with Crippen LogP contribution in [0.1, 0.15) is 84.5 Å². The molecule has 1 aromatic carbocycles. The van der Waals surface area contributed by atoms with Gasteiger partial charge in [-0.05, 0) is 82.3 Å². The Bertz CT molecular complexity index is 869. The molecule has 0 saturated carbocycles. The van der Waals surface area contributed by atoms with E-state index in [-0.39, 0.29) is 29.2 Å². The zero-order valence-electron chi connectivity index (χ0n) is 22.9. The predicted molar refractivity (Wildman–Crippen MR) is 139 cm³/mol. The number of fused-ring (bicyclic) bond motifs is 1. The molecule has 1 amide bonds. The van der Waals surface area contributed by atoms with Crippen molar-refractivity contribution in [1.29, 1.82) is 0 Å². The van der Waals surface area contributed by atoms with Gasteiger partial charge in [0, 0.05) is 6.42 Å². The second kappa shape index (κ2) is 10.8. The van der Waals surface area contributed by atoms with Crippen LogP contribution in [0.5, 0.6) is 0 Å². The van der Waals surface area contributed by atoms with E-state index in [4.69, 9.17) is 13.9 Å². The molecule has 0 bridgehead atoms. The second-order valence-electron chi connectivity index (χ2n) is 11.8. The van der Waals surface area contributed by atoms with Crippen molar-refractivity contribution >= 4 is 20.4 Å². The molecule has 0 N–H and O–H groups in total. The molecule has 0 aromatic heterocycles. The lowest BCUT2D eigenvalue weighted by Gasteiger charge is -2.44. The Kier molecular flexibility index (Phi) is 9.03. The largest absolute Gasteiger partial charge is 0.466 e. The van der Waals surface area contributed by atoms with Gasteiger partial charge in [0.15, 0.2) is 8.32 Å². The Hall–Kier alpha value is -1.86. The summed E-state index contributed by atoms with van der Waals surface area (Å²) in [7, 11) is -2.01. The number of ether oxygens (including phenoxy) is 2. The second-order valence-corrected chi connectivity index (χ2v) is 16.6. The van der Waals surface area contributed by atoms with E-state index in [2.05, 4.69) is 52.9 Å². The van der Waals surface area contributed by atoms with Gasteiger partial charge in [-0.3, -0.25) is 9.69 Å². The molecule has 0 unspecified atom stereocenters. The first-order chi connectivity index (χ1) is 15.6. The predicted octanol–water partition coefficient (Wildman–Crippen LogP) is 6.43. The number of hydrogen-bond donors (Lipinski definition) is 0. The zero-order chi connectivity index (χ0) is 25.9. The lowest BCUT2D eigenvalue weighted by molar-refractivity contribution is -0.143. The maximum atomic E-state index is 13.3. The molecule has 7 heteroatoms. The van der Waals surface area contributed by atoms with Crippen molar-refractivity contribution in [1.82, 2.24) is 4.90 Å². The fraction of sp³-hybridized carbons (Fsp3) is 0.704. The average Bonchev–Trinajstić information content (AvgIpc) is 2.69. The van der Waals surface area contributed by atoms with E-state index in [1.54, 1.807) is 0 Å². The molecule has 0 aliphatic carbocycles. The molecular formula is C27H45NO5Si. The summed E-state index contributed by atoms with van der Waals surface area (Å²) in [6, 6.07) is 5.87. The highest BCUT2D eigenvalue weighted by Gasteiger charge is 2.42. The number of esters is 1. The van der Waals surface area contributed by atoms with Crippen molar-refractivity contribution in [3.63, 3.8) is 0 Å². The van der Waals surface area contributed by atoms with Crippen LogP contribution in [0.2, 0.25) is 18.1 Å². The number of benzene rings is 1. The molecule has 1 aromatic rings. The van der Waals surface area contributed by atoms with Crippen molar-refractivity contribution in [3.05, 3.63) is 34.9 Å². The van der Waals surface area contributed by atoms with Crippen molar-refractivity contribution in [3.8, 4) is 0 Å². The molecule has 2 atom stereocenters. The van der Waals surface area contributed by atoms with Crippen LogP contribution in [0.4, 0.5) is 4.79 Å². The molecule has 34 heavy (non-hydrogen) atoms. The maximum absolute atomic E-state index is 13.3. The molecule has 6 nitrogen and oxygen atoms in total. The highest BCUT2D eigenvalue weighted by molar-refractivity contribution is 6.74. The molecular weight excluding hydrogens is 446 g/mol.